The summed E-state index contributed by atoms with van der Waals surface area (Å²) in [5.74, 6) is 0.137. The van der Waals surface area contributed by atoms with E-state index in [2.05, 4.69) is 22.1 Å². The molecule has 1 amide bonds. The van der Waals surface area contributed by atoms with E-state index in [0.29, 0.717) is 29.6 Å². The number of halogens is 1. The van der Waals surface area contributed by atoms with E-state index in [4.69, 9.17) is 0 Å². The topological polar surface area (TPSA) is 59.8 Å². The molecule has 1 aromatic heterocycles. The highest BCUT2D eigenvalue weighted by Gasteiger charge is 2.17. The molecular formula is C21H21FN4OS. The van der Waals surface area contributed by atoms with Crippen LogP contribution in [0.3, 0.4) is 0 Å². The van der Waals surface area contributed by atoms with Crippen LogP contribution in [0.5, 0.6) is 0 Å². The van der Waals surface area contributed by atoms with E-state index in [0.717, 1.165) is 5.56 Å². The van der Waals surface area contributed by atoms with Crippen LogP contribution in [0.2, 0.25) is 0 Å². The zero-order valence-electron chi connectivity index (χ0n) is 15.6. The van der Waals surface area contributed by atoms with Crippen LogP contribution in [0, 0.1) is 12.7 Å². The number of hydrogen-bond acceptors (Lipinski definition) is 4. The summed E-state index contributed by atoms with van der Waals surface area (Å²) in [5.41, 5.74) is 2.59. The number of hydrogen-bond donors (Lipinski definition) is 1. The molecule has 0 aliphatic carbocycles. The van der Waals surface area contributed by atoms with Crippen molar-refractivity contribution in [2.45, 2.75) is 25.2 Å². The molecule has 0 bridgehead atoms. The maximum absolute atomic E-state index is 14.1. The monoisotopic (exact) mass is 396 g/mol. The number of benzene rings is 2. The van der Waals surface area contributed by atoms with E-state index in [1.807, 2.05) is 31.2 Å². The molecule has 0 saturated heterocycles. The second kappa shape index (κ2) is 9.32. The first-order chi connectivity index (χ1) is 13.6. The smallest absolute Gasteiger partial charge is 0.230 e. The van der Waals surface area contributed by atoms with Crippen LogP contribution in [0.1, 0.15) is 11.1 Å². The van der Waals surface area contributed by atoms with E-state index >= 15 is 0 Å². The summed E-state index contributed by atoms with van der Waals surface area (Å²) in [6.07, 6.45) is 1.69. The van der Waals surface area contributed by atoms with Crippen molar-refractivity contribution < 1.29 is 9.18 Å². The summed E-state index contributed by atoms with van der Waals surface area (Å²) in [4.78, 5) is 12.2. The SMILES string of the molecule is C=CCn1c(SCC(=O)NCc2ccc(C)cc2)nnc1-c1ccccc1F. The minimum Gasteiger partial charge on any atom is -0.351 e. The van der Waals surface area contributed by atoms with Crippen molar-refractivity contribution in [1.29, 1.82) is 0 Å². The maximum Gasteiger partial charge on any atom is 0.230 e. The first kappa shape index (κ1) is 19.8. The fraction of sp³-hybridized carbons (Fsp3) is 0.190. The van der Waals surface area contributed by atoms with Gasteiger partial charge in [-0.1, -0.05) is 59.8 Å². The highest BCUT2D eigenvalue weighted by molar-refractivity contribution is 7.99. The number of aryl methyl sites for hydroxylation is 1. The average Bonchev–Trinajstić information content (AvgIpc) is 3.09. The lowest BCUT2D eigenvalue weighted by molar-refractivity contribution is -0.118. The minimum atomic E-state index is -0.368. The van der Waals surface area contributed by atoms with E-state index in [-0.39, 0.29) is 17.5 Å². The molecule has 3 aromatic rings. The standard InChI is InChI=1S/C21H21FN4OS/c1-3-12-26-20(17-6-4-5-7-18(17)22)24-25-21(26)28-14-19(27)23-13-16-10-8-15(2)9-11-16/h3-11H,1,12-14H2,2H3,(H,23,27). The van der Waals surface area contributed by atoms with Crippen molar-refractivity contribution in [2.75, 3.05) is 5.75 Å². The predicted molar refractivity (Wildman–Crippen MR) is 109 cm³/mol. The summed E-state index contributed by atoms with van der Waals surface area (Å²) < 4.78 is 15.9. The van der Waals surface area contributed by atoms with Gasteiger partial charge in [-0.05, 0) is 24.6 Å². The molecular weight excluding hydrogens is 375 g/mol. The van der Waals surface area contributed by atoms with Gasteiger partial charge in [-0.2, -0.15) is 0 Å². The second-order valence-electron chi connectivity index (χ2n) is 6.24. The zero-order chi connectivity index (χ0) is 19.9. The number of amides is 1. The molecule has 28 heavy (non-hydrogen) atoms. The summed E-state index contributed by atoms with van der Waals surface area (Å²) >= 11 is 1.26. The number of allylic oxidation sites excluding steroid dienone is 1. The van der Waals surface area contributed by atoms with Crippen molar-refractivity contribution in [1.82, 2.24) is 20.1 Å². The van der Waals surface area contributed by atoms with Crippen LogP contribution in [0.4, 0.5) is 4.39 Å². The number of rotatable bonds is 8. The Labute approximate surface area is 167 Å². The van der Waals surface area contributed by atoms with Gasteiger partial charge in [-0.25, -0.2) is 4.39 Å². The highest BCUT2D eigenvalue weighted by atomic mass is 32.2. The number of aromatic nitrogens is 3. The van der Waals surface area contributed by atoms with Crippen LogP contribution in [0.15, 0.2) is 66.3 Å². The Hall–Kier alpha value is -2.93. The lowest BCUT2D eigenvalue weighted by atomic mass is 10.1. The third-order valence-electron chi connectivity index (χ3n) is 4.09. The molecule has 144 valence electrons. The average molecular weight is 396 g/mol. The van der Waals surface area contributed by atoms with Crippen LogP contribution >= 0.6 is 11.8 Å². The first-order valence-electron chi connectivity index (χ1n) is 8.82. The van der Waals surface area contributed by atoms with Gasteiger partial charge in [0.2, 0.25) is 5.91 Å². The number of thioether (sulfide) groups is 1. The molecule has 2 aromatic carbocycles. The molecule has 1 heterocycles. The minimum absolute atomic E-state index is 0.105. The molecule has 0 fully saturated rings. The van der Waals surface area contributed by atoms with E-state index in [1.54, 1.807) is 28.8 Å². The van der Waals surface area contributed by atoms with Gasteiger partial charge in [0, 0.05) is 13.1 Å². The third kappa shape index (κ3) is 4.86. The first-order valence-corrected chi connectivity index (χ1v) is 9.81. The molecule has 3 rings (SSSR count). The number of carbonyl (C=O) groups excluding carboxylic acids is 1. The highest BCUT2D eigenvalue weighted by Crippen LogP contribution is 2.25. The molecule has 0 aliphatic heterocycles. The lowest BCUT2D eigenvalue weighted by Crippen LogP contribution is -2.24. The van der Waals surface area contributed by atoms with E-state index in [1.165, 1.54) is 23.4 Å². The summed E-state index contributed by atoms with van der Waals surface area (Å²) in [7, 11) is 0. The van der Waals surface area contributed by atoms with Gasteiger partial charge in [0.15, 0.2) is 11.0 Å². The van der Waals surface area contributed by atoms with Crippen LogP contribution in [0.25, 0.3) is 11.4 Å². The quantitative estimate of drug-likeness (QED) is 0.462. The molecule has 0 radical (unpaired) electrons. The van der Waals surface area contributed by atoms with Gasteiger partial charge in [0.25, 0.3) is 0 Å². The van der Waals surface area contributed by atoms with Gasteiger partial charge in [-0.3, -0.25) is 9.36 Å². The zero-order valence-corrected chi connectivity index (χ0v) is 16.4. The van der Waals surface area contributed by atoms with Crippen molar-refractivity contribution in [3.05, 3.63) is 78.1 Å². The molecule has 0 spiro atoms. The fourth-order valence-corrected chi connectivity index (χ4v) is 3.40. The molecule has 1 N–H and O–H groups in total. The molecule has 0 atom stereocenters. The normalized spacial score (nSPS) is 10.6. The van der Waals surface area contributed by atoms with Gasteiger partial charge in [0.1, 0.15) is 5.82 Å². The Morgan fingerprint density at radius 3 is 2.68 bits per heavy atom. The van der Waals surface area contributed by atoms with Gasteiger partial charge < -0.3 is 5.32 Å². The van der Waals surface area contributed by atoms with Crippen LogP contribution in [-0.4, -0.2) is 26.4 Å². The lowest BCUT2D eigenvalue weighted by Gasteiger charge is -2.09. The van der Waals surface area contributed by atoms with Crippen molar-refractivity contribution in [2.24, 2.45) is 0 Å². The maximum atomic E-state index is 14.1. The van der Waals surface area contributed by atoms with Gasteiger partial charge in [-0.15, -0.1) is 16.8 Å². The summed E-state index contributed by atoms with van der Waals surface area (Å²) in [6, 6.07) is 14.4. The van der Waals surface area contributed by atoms with Crippen molar-refractivity contribution in [3.8, 4) is 11.4 Å². The van der Waals surface area contributed by atoms with Crippen LogP contribution in [-0.2, 0) is 17.9 Å². The number of carbonyl (C=O) groups is 1. The molecule has 0 unspecified atom stereocenters. The Balaban J connectivity index is 1.65. The summed E-state index contributed by atoms with van der Waals surface area (Å²) in [5, 5.41) is 11.7. The van der Waals surface area contributed by atoms with Gasteiger partial charge in [0.05, 0.1) is 11.3 Å². The Kier molecular flexibility index (Phi) is 6.60. The fourth-order valence-electron chi connectivity index (χ4n) is 2.62. The predicted octanol–water partition coefficient (Wildman–Crippen LogP) is 3.99. The van der Waals surface area contributed by atoms with Crippen molar-refractivity contribution in [3.63, 3.8) is 0 Å². The number of nitrogens with zero attached hydrogens (tertiary/aromatic N) is 3. The van der Waals surface area contributed by atoms with Crippen LogP contribution < -0.4 is 5.32 Å². The van der Waals surface area contributed by atoms with Crippen molar-refractivity contribution >= 4 is 17.7 Å². The van der Waals surface area contributed by atoms with Gasteiger partial charge >= 0.3 is 0 Å². The largest absolute Gasteiger partial charge is 0.351 e. The number of nitrogens with one attached hydrogen (secondary N) is 1. The Morgan fingerprint density at radius 1 is 1.21 bits per heavy atom. The van der Waals surface area contributed by atoms with E-state index in [9.17, 15) is 9.18 Å². The Morgan fingerprint density at radius 2 is 1.96 bits per heavy atom. The molecule has 0 saturated carbocycles. The Bertz CT molecular complexity index is 969. The molecule has 5 nitrogen and oxygen atoms in total. The van der Waals surface area contributed by atoms with E-state index < -0.39 is 0 Å². The second-order valence-corrected chi connectivity index (χ2v) is 7.18. The molecule has 0 aliphatic rings. The third-order valence-corrected chi connectivity index (χ3v) is 5.05. The summed E-state index contributed by atoms with van der Waals surface area (Å²) in [6.45, 7) is 6.65. The molecule has 7 heteroatoms.